The SMILES string of the molecule is c1ccc(-c2ccc(-c3nc(-c4ccccc4-c4ccccc4)nc(-c4ccc(-c5cccc(-c6ccccc6)c5)cc4-n4c5ccccc5c5ccccc54)n3)cc2)cc1. The summed E-state index contributed by atoms with van der Waals surface area (Å²) in [6.07, 6.45) is 0. The highest BCUT2D eigenvalue weighted by Crippen LogP contribution is 2.40. The highest BCUT2D eigenvalue weighted by Gasteiger charge is 2.21. The molecule has 0 aliphatic rings. The molecule has 0 aliphatic heterocycles. The molecule has 0 saturated carbocycles. The van der Waals surface area contributed by atoms with Gasteiger partial charge in [-0.05, 0) is 74.8 Å². The fourth-order valence-corrected chi connectivity index (χ4v) is 8.51. The molecular formula is C57H38N4. The third kappa shape index (κ3) is 6.76. The Kier molecular flexibility index (Phi) is 9.14. The van der Waals surface area contributed by atoms with Gasteiger partial charge in [-0.15, -0.1) is 0 Å². The molecule has 0 atom stereocenters. The topological polar surface area (TPSA) is 43.6 Å². The number of hydrogen-bond acceptors (Lipinski definition) is 3. The fraction of sp³-hybridized carbons (Fsp3) is 0. The standard InChI is InChI=1S/C57H38N4/c1-4-17-39(18-5-1)41-31-33-43(34-32-41)55-58-56(50-28-11-10-25-47(50)42-21-8-3-9-22-42)60-57(59-55)51-36-35-46(45-24-16-23-44(37-45)40-19-6-2-7-20-40)38-54(51)61-52-29-14-12-26-48(52)49-27-13-15-30-53(49)61/h1-38H. The molecule has 2 aromatic heterocycles. The van der Waals surface area contributed by atoms with E-state index in [2.05, 4.69) is 223 Å². The summed E-state index contributed by atoms with van der Waals surface area (Å²) in [6.45, 7) is 0. The second kappa shape index (κ2) is 15.5. The number of nitrogens with zero attached hydrogens (tertiary/aromatic N) is 4. The first-order chi connectivity index (χ1) is 30.2. The average Bonchev–Trinajstić information content (AvgIpc) is 3.69. The van der Waals surface area contributed by atoms with Crippen molar-refractivity contribution in [2.45, 2.75) is 0 Å². The van der Waals surface area contributed by atoms with Crippen LogP contribution in [0.25, 0.3) is 106 Å². The van der Waals surface area contributed by atoms with Gasteiger partial charge in [-0.3, -0.25) is 0 Å². The van der Waals surface area contributed by atoms with Gasteiger partial charge in [0.05, 0.1) is 16.7 Å². The van der Waals surface area contributed by atoms with Crippen LogP contribution in [0.3, 0.4) is 0 Å². The van der Waals surface area contributed by atoms with Crippen LogP contribution < -0.4 is 0 Å². The molecule has 0 N–H and O–H groups in total. The molecule has 0 fully saturated rings. The van der Waals surface area contributed by atoms with Crippen LogP contribution in [-0.4, -0.2) is 19.5 Å². The molecule has 286 valence electrons. The maximum Gasteiger partial charge on any atom is 0.166 e. The van der Waals surface area contributed by atoms with Gasteiger partial charge in [0, 0.05) is 27.5 Å². The largest absolute Gasteiger partial charge is 0.308 e. The van der Waals surface area contributed by atoms with Crippen molar-refractivity contribution in [1.29, 1.82) is 0 Å². The summed E-state index contributed by atoms with van der Waals surface area (Å²) in [5.41, 5.74) is 15.0. The molecule has 9 aromatic carbocycles. The van der Waals surface area contributed by atoms with Crippen LogP contribution in [0.1, 0.15) is 0 Å². The van der Waals surface area contributed by atoms with Crippen molar-refractivity contribution in [3.63, 3.8) is 0 Å². The van der Waals surface area contributed by atoms with Gasteiger partial charge in [0.15, 0.2) is 17.5 Å². The number of aromatic nitrogens is 4. The predicted molar refractivity (Wildman–Crippen MR) is 252 cm³/mol. The molecule has 4 heteroatoms. The van der Waals surface area contributed by atoms with Crippen LogP contribution in [0, 0.1) is 0 Å². The van der Waals surface area contributed by atoms with Crippen molar-refractivity contribution in [1.82, 2.24) is 19.5 Å². The monoisotopic (exact) mass is 778 g/mol. The van der Waals surface area contributed by atoms with E-state index < -0.39 is 0 Å². The Morgan fingerprint density at radius 2 is 0.656 bits per heavy atom. The molecule has 4 nitrogen and oxygen atoms in total. The second-order valence-corrected chi connectivity index (χ2v) is 15.2. The van der Waals surface area contributed by atoms with E-state index >= 15 is 0 Å². The zero-order valence-electron chi connectivity index (χ0n) is 33.2. The molecule has 0 unspecified atom stereocenters. The molecule has 0 amide bonds. The van der Waals surface area contributed by atoms with Crippen LogP contribution in [0.5, 0.6) is 0 Å². The molecule has 61 heavy (non-hydrogen) atoms. The second-order valence-electron chi connectivity index (χ2n) is 15.2. The van der Waals surface area contributed by atoms with E-state index in [-0.39, 0.29) is 0 Å². The zero-order valence-corrected chi connectivity index (χ0v) is 33.2. The Labute approximate surface area is 354 Å². The molecule has 0 spiro atoms. The number of fused-ring (bicyclic) bond motifs is 3. The lowest BCUT2D eigenvalue weighted by atomic mass is 9.97. The van der Waals surface area contributed by atoms with Gasteiger partial charge in [0.2, 0.25) is 0 Å². The molecule has 0 aliphatic carbocycles. The summed E-state index contributed by atoms with van der Waals surface area (Å²) in [5.74, 6) is 1.81. The van der Waals surface area contributed by atoms with E-state index in [4.69, 9.17) is 15.0 Å². The van der Waals surface area contributed by atoms with E-state index in [0.717, 1.165) is 66.8 Å². The Morgan fingerprint density at radius 1 is 0.246 bits per heavy atom. The van der Waals surface area contributed by atoms with Crippen molar-refractivity contribution >= 4 is 21.8 Å². The van der Waals surface area contributed by atoms with E-state index in [1.54, 1.807) is 0 Å². The molecule has 11 rings (SSSR count). The van der Waals surface area contributed by atoms with E-state index in [1.807, 2.05) is 12.1 Å². The number of benzene rings is 9. The Morgan fingerprint density at radius 3 is 1.30 bits per heavy atom. The van der Waals surface area contributed by atoms with Gasteiger partial charge in [0.1, 0.15) is 0 Å². The summed E-state index contributed by atoms with van der Waals surface area (Å²) in [7, 11) is 0. The van der Waals surface area contributed by atoms with E-state index in [9.17, 15) is 0 Å². The Balaban J connectivity index is 1.16. The quantitative estimate of drug-likeness (QED) is 0.154. The zero-order chi connectivity index (χ0) is 40.5. The van der Waals surface area contributed by atoms with Crippen molar-refractivity contribution < 1.29 is 0 Å². The smallest absolute Gasteiger partial charge is 0.166 e. The van der Waals surface area contributed by atoms with E-state index in [0.29, 0.717) is 17.5 Å². The van der Waals surface area contributed by atoms with E-state index in [1.165, 1.54) is 21.9 Å². The molecule has 0 saturated heterocycles. The van der Waals surface area contributed by atoms with Crippen LogP contribution in [0.4, 0.5) is 0 Å². The first-order valence-electron chi connectivity index (χ1n) is 20.6. The summed E-state index contributed by atoms with van der Waals surface area (Å²) in [5, 5.41) is 2.38. The highest BCUT2D eigenvalue weighted by molar-refractivity contribution is 6.09. The summed E-state index contributed by atoms with van der Waals surface area (Å²) >= 11 is 0. The molecule has 0 radical (unpaired) electrons. The summed E-state index contributed by atoms with van der Waals surface area (Å²) in [4.78, 5) is 16.0. The molecule has 11 aromatic rings. The fourth-order valence-electron chi connectivity index (χ4n) is 8.51. The van der Waals surface area contributed by atoms with Gasteiger partial charge < -0.3 is 4.57 Å². The van der Waals surface area contributed by atoms with Gasteiger partial charge >= 0.3 is 0 Å². The maximum absolute atomic E-state index is 5.40. The lowest BCUT2D eigenvalue weighted by Crippen LogP contribution is -2.04. The van der Waals surface area contributed by atoms with Crippen LogP contribution in [-0.2, 0) is 0 Å². The Bertz CT molecular complexity index is 3280. The minimum atomic E-state index is 0.594. The maximum atomic E-state index is 5.40. The first kappa shape index (κ1) is 35.9. The number of rotatable bonds is 8. The average molecular weight is 779 g/mol. The van der Waals surface area contributed by atoms with Crippen LogP contribution >= 0.6 is 0 Å². The predicted octanol–water partition coefficient (Wildman–Crippen LogP) is 14.6. The molecular weight excluding hydrogens is 741 g/mol. The summed E-state index contributed by atoms with van der Waals surface area (Å²) in [6, 6.07) is 81.1. The third-order valence-electron chi connectivity index (χ3n) is 11.5. The minimum absolute atomic E-state index is 0.594. The van der Waals surface area contributed by atoms with Crippen molar-refractivity contribution in [2.24, 2.45) is 0 Å². The van der Waals surface area contributed by atoms with Crippen LogP contribution in [0.15, 0.2) is 231 Å². The number of hydrogen-bond donors (Lipinski definition) is 0. The molecule has 0 bridgehead atoms. The Hall–Kier alpha value is -8.21. The number of para-hydroxylation sites is 2. The first-order valence-corrected chi connectivity index (χ1v) is 20.6. The van der Waals surface area contributed by atoms with Crippen molar-refractivity contribution in [2.75, 3.05) is 0 Å². The summed E-state index contributed by atoms with van der Waals surface area (Å²) < 4.78 is 2.38. The van der Waals surface area contributed by atoms with Crippen LogP contribution in [0.2, 0.25) is 0 Å². The third-order valence-corrected chi connectivity index (χ3v) is 11.5. The normalized spacial score (nSPS) is 11.3. The van der Waals surface area contributed by atoms with Gasteiger partial charge in [-0.25, -0.2) is 15.0 Å². The highest BCUT2D eigenvalue weighted by atomic mass is 15.1. The lowest BCUT2D eigenvalue weighted by Gasteiger charge is -2.17. The molecule has 2 heterocycles. The van der Waals surface area contributed by atoms with Crippen molar-refractivity contribution in [3.05, 3.63) is 231 Å². The minimum Gasteiger partial charge on any atom is -0.308 e. The van der Waals surface area contributed by atoms with Gasteiger partial charge in [-0.1, -0.05) is 200 Å². The van der Waals surface area contributed by atoms with Gasteiger partial charge in [-0.2, -0.15) is 0 Å². The lowest BCUT2D eigenvalue weighted by molar-refractivity contribution is 1.06. The van der Waals surface area contributed by atoms with Gasteiger partial charge in [0.25, 0.3) is 0 Å². The van der Waals surface area contributed by atoms with Crippen molar-refractivity contribution in [3.8, 4) is 84.4 Å².